The zero-order valence-electron chi connectivity index (χ0n) is 7.60. The number of pyridine rings is 1. The highest BCUT2D eigenvalue weighted by Gasteiger charge is 2.09. The van der Waals surface area contributed by atoms with Crippen LogP contribution >= 0.6 is 0 Å². The van der Waals surface area contributed by atoms with Gasteiger partial charge in [-0.2, -0.15) is 0 Å². The van der Waals surface area contributed by atoms with Crippen molar-refractivity contribution in [2.75, 3.05) is 11.4 Å². The van der Waals surface area contributed by atoms with Gasteiger partial charge < -0.3 is 5.73 Å². The van der Waals surface area contributed by atoms with Gasteiger partial charge >= 0.3 is 6.03 Å². The molecule has 0 saturated carbocycles. The van der Waals surface area contributed by atoms with Crippen molar-refractivity contribution in [3.63, 3.8) is 0 Å². The molecule has 4 heteroatoms. The highest BCUT2D eigenvalue weighted by Crippen LogP contribution is 2.11. The lowest BCUT2D eigenvalue weighted by Gasteiger charge is -2.18. The molecule has 13 heavy (non-hydrogen) atoms. The van der Waals surface area contributed by atoms with E-state index in [-0.39, 0.29) is 0 Å². The molecule has 0 spiro atoms. The molecule has 2 N–H and O–H groups in total. The van der Waals surface area contributed by atoms with Gasteiger partial charge in [0.05, 0.1) is 0 Å². The summed E-state index contributed by atoms with van der Waals surface area (Å²) in [6.07, 6.45) is 4.16. The van der Waals surface area contributed by atoms with Gasteiger partial charge in [-0.05, 0) is 18.6 Å². The van der Waals surface area contributed by atoms with Crippen LogP contribution in [0.3, 0.4) is 0 Å². The van der Waals surface area contributed by atoms with Gasteiger partial charge in [-0.1, -0.05) is 6.92 Å². The highest BCUT2D eigenvalue weighted by atomic mass is 16.2. The molecule has 0 unspecified atom stereocenters. The van der Waals surface area contributed by atoms with Crippen molar-refractivity contribution in [2.45, 2.75) is 13.3 Å². The summed E-state index contributed by atoms with van der Waals surface area (Å²) in [5.74, 6) is 0. The second kappa shape index (κ2) is 4.45. The number of hydrogen-bond acceptors (Lipinski definition) is 2. The molecule has 4 nitrogen and oxygen atoms in total. The minimum Gasteiger partial charge on any atom is -0.351 e. The van der Waals surface area contributed by atoms with Gasteiger partial charge in [-0.15, -0.1) is 0 Å². The molecule has 0 saturated heterocycles. The van der Waals surface area contributed by atoms with E-state index in [4.69, 9.17) is 5.73 Å². The van der Waals surface area contributed by atoms with Crippen molar-refractivity contribution in [1.29, 1.82) is 0 Å². The Morgan fingerprint density at radius 1 is 1.54 bits per heavy atom. The molecule has 0 aromatic carbocycles. The van der Waals surface area contributed by atoms with Crippen molar-refractivity contribution < 1.29 is 4.79 Å². The van der Waals surface area contributed by atoms with E-state index in [0.717, 1.165) is 12.1 Å². The summed E-state index contributed by atoms with van der Waals surface area (Å²) in [5.41, 5.74) is 6.02. The van der Waals surface area contributed by atoms with Crippen LogP contribution in [0.15, 0.2) is 24.5 Å². The third-order valence-electron chi connectivity index (χ3n) is 1.69. The van der Waals surface area contributed by atoms with Gasteiger partial charge in [-0.25, -0.2) is 4.79 Å². The number of carbonyl (C=O) groups excluding carboxylic acids is 1. The number of hydrogen-bond donors (Lipinski definition) is 1. The Morgan fingerprint density at radius 2 is 2.15 bits per heavy atom. The van der Waals surface area contributed by atoms with Crippen molar-refractivity contribution >= 4 is 11.7 Å². The third-order valence-corrected chi connectivity index (χ3v) is 1.69. The molecule has 0 fully saturated rings. The minimum absolute atomic E-state index is 0.423. The molecule has 70 valence electrons. The molecule has 0 radical (unpaired) electrons. The van der Waals surface area contributed by atoms with Crippen molar-refractivity contribution in [2.24, 2.45) is 5.73 Å². The lowest BCUT2D eigenvalue weighted by atomic mass is 10.3. The monoisotopic (exact) mass is 179 g/mol. The first-order valence-electron chi connectivity index (χ1n) is 4.22. The van der Waals surface area contributed by atoms with Crippen molar-refractivity contribution in [3.05, 3.63) is 24.5 Å². The van der Waals surface area contributed by atoms with Crippen LogP contribution in [0, 0.1) is 0 Å². The Hall–Kier alpha value is -1.58. The molecular weight excluding hydrogens is 166 g/mol. The molecule has 0 aliphatic carbocycles. The Balaban J connectivity index is 2.82. The molecular formula is C9H13N3O. The van der Waals surface area contributed by atoms with Crippen LogP contribution in [0.25, 0.3) is 0 Å². The van der Waals surface area contributed by atoms with E-state index in [1.807, 2.05) is 6.92 Å². The van der Waals surface area contributed by atoms with E-state index < -0.39 is 6.03 Å². The zero-order valence-corrected chi connectivity index (χ0v) is 7.60. The van der Waals surface area contributed by atoms with Crippen LogP contribution in [0.5, 0.6) is 0 Å². The zero-order chi connectivity index (χ0) is 9.68. The van der Waals surface area contributed by atoms with Crippen LogP contribution in [-0.4, -0.2) is 17.6 Å². The van der Waals surface area contributed by atoms with Crippen LogP contribution in [0.1, 0.15) is 13.3 Å². The number of primary amides is 1. The summed E-state index contributed by atoms with van der Waals surface area (Å²) in [6, 6.07) is 3.11. The van der Waals surface area contributed by atoms with E-state index in [2.05, 4.69) is 4.98 Å². The quantitative estimate of drug-likeness (QED) is 0.761. The number of rotatable bonds is 3. The van der Waals surface area contributed by atoms with Crippen molar-refractivity contribution in [3.8, 4) is 0 Å². The molecule has 2 amide bonds. The molecule has 0 aliphatic heterocycles. The van der Waals surface area contributed by atoms with E-state index in [1.165, 1.54) is 4.90 Å². The highest BCUT2D eigenvalue weighted by molar-refractivity contribution is 5.90. The number of carbonyl (C=O) groups is 1. The third kappa shape index (κ3) is 2.43. The van der Waals surface area contributed by atoms with Crippen LogP contribution in [0.2, 0.25) is 0 Å². The van der Waals surface area contributed by atoms with E-state index >= 15 is 0 Å². The fourth-order valence-electron chi connectivity index (χ4n) is 1.11. The van der Waals surface area contributed by atoms with E-state index in [0.29, 0.717) is 6.54 Å². The molecule has 1 rings (SSSR count). The fourth-order valence-corrected chi connectivity index (χ4v) is 1.11. The molecule has 1 aromatic heterocycles. The molecule has 1 aromatic rings. The summed E-state index contributed by atoms with van der Waals surface area (Å²) in [7, 11) is 0. The number of amides is 2. The lowest BCUT2D eigenvalue weighted by Crippen LogP contribution is -2.36. The fraction of sp³-hybridized carbons (Fsp3) is 0.333. The van der Waals surface area contributed by atoms with Gasteiger partial charge in [0.15, 0.2) is 0 Å². The molecule has 0 bridgehead atoms. The molecule has 0 atom stereocenters. The Labute approximate surface area is 77.4 Å². The van der Waals surface area contributed by atoms with Gasteiger partial charge in [-0.3, -0.25) is 9.88 Å². The minimum atomic E-state index is -0.423. The topological polar surface area (TPSA) is 59.2 Å². The van der Waals surface area contributed by atoms with Gasteiger partial charge in [0.2, 0.25) is 0 Å². The predicted molar refractivity (Wildman–Crippen MR) is 51.5 cm³/mol. The smallest absolute Gasteiger partial charge is 0.319 e. The lowest BCUT2D eigenvalue weighted by molar-refractivity contribution is 0.254. The Morgan fingerprint density at radius 3 is 2.62 bits per heavy atom. The largest absolute Gasteiger partial charge is 0.351 e. The Kier molecular flexibility index (Phi) is 3.25. The van der Waals surface area contributed by atoms with Gasteiger partial charge in [0.25, 0.3) is 0 Å². The average Bonchev–Trinajstić information content (AvgIpc) is 2.15. The second-order valence-electron chi connectivity index (χ2n) is 2.70. The van der Waals surface area contributed by atoms with Crippen molar-refractivity contribution in [1.82, 2.24) is 4.98 Å². The molecule has 1 heterocycles. The van der Waals surface area contributed by atoms with Gasteiger partial charge in [0, 0.05) is 24.6 Å². The van der Waals surface area contributed by atoms with Crippen LogP contribution < -0.4 is 10.6 Å². The maximum Gasteiger partial charge on any atom is 0.319 e. The summed E-state index contributed by atoms with van der Waals surface area (Å²) in [5, 5.41) is 0. The predicted octanol–water partition coefficient (Wildman–Crippen LogP) is 1.38. The number of anilines is 1. The summed E-state index contributed by atoms with van der Waals surface area (Å²) in [4.78, 5) is 16.4. The van der Waals surface area contributed by atoms with Crippen LogP contribution in [-0.2, 0) is 0 Å². The number of aromatic nitrogens is 1. The standard InChI is InChI=1S/C9H13N3O/c1-2-7-12(9(10)13)8-3-5-11-6-4-8/h3-6H,2,7H2,1H3,(H2,10,13). The summed E-state index contributed by atoms with van der Waals surface area (Å²) < 4.78 is 0. The average molecular weight is 179 g/mol. The number of urea groups is 1. The SMILES string of the molecule is CCCN(C(N)=O)c1ccncc1. The number of nitrogens with two attached hydrogens (primary N) is 1. The Bertz CT molecular complexity index is 273. The summed E-state index contributed by atoms with van der Waals surface area (Å²) in [6.45, 7) is 2.64. The molecule has 0 aliphatic rings. The van der Waals surface area contributed by atoms with Gasteiger partial charge in [0.1, 0.15) is 0 Å². The second-order valence-corrected chi connectivity index (χ2v) is 2.70. The maximum atomic E-state index is 11.0. The van der Waals surface area contributed by atoms with E-state index in [9.17, 15) is 4.79 Å². The first-order chi connectivity index (χ1) is 6.25. The first-order valence-corrected chi connectivity index (χ1v) is 4.22. The van der Waals surface area contributed by atoms with Crippen LogP contribution in [0.4, 0.5) is 10.5 Å². The first kappa shape index (κ1) is 9.51. The normalized spacial score (nSPS) is 9.62. The summed E-state index contributed by atoms with van der Waals surface area (Å²) >= 11 is 0. The number of nitrogens with zero attached hydrogens (tertiary/aromatic N) is 2. The maximum absolute atomic E-state index is 11.0. The van der Waals surface area contributed by atoms with E-state index in [1.54, 1.807) is 24.5 Å².